The molecule has 2 rings (SSSR count). The first-order chi connectivity index (χ1) is 10.1. The molecule has 0 fully saturated rings. The summed E-state index contributed by atoms with van der Waals surface area (Å²) in [6.45, 7) is 2.32. The van der Waals surface area contributed by atoms with Gasteiger partial charge in [-0.3, -0.25) is 4.79 Å². The molecule has 2 aromatic rings. The number of hydrogen-bond donors (Lipinski definition) is 0. The zero-order chi connectivity index (χ0) is 15.2. The lowest BCUT2D eigenvalue weighted by molar-refractivity contribution is 0.0986. The van der Waals surface area contributed by atoms with E-state index >= 15 is 0 Å². The van der Waals surface area contributed by atoms with Crippen molar-refractivity contribution in [2.75, 3.05) is 11.4 Å². The molecule has 0 aliphatic rings. The van der Waals surface area contributed by atoms with Crippen LogP contribution in [0, 0.1) is 18.3 Å². The number of anilines is 1. The Morgan fingerprint density at radius 2 is 1.90 bits per heavy atom. The lowest BCUT2D eigenvalue weighted by Gasteiger charge is -2.22. The van der Waals surface area contributed by atoms with Crippen LogP contribution in [0.2, 0.25) is 0 Å². The summed E-state index contributed by atoms with van der Waals surface area (Å²) in [5.74, 6) is -0.105. The number of nitriles is 1. The smallest absolute Gasteiger partial charge is 0.259 e. The topological polar surface area (TPSA) is 44.1 Å². The van der Waals surface area contributed by atoms with E-state index in [2.05, 4.69) is 22.0 Å². The van der Waals surface area contributed by atoms with Crippen molar-refractivity contribution in [2.45, 2.75) is 13.3 Å². The summed E-state index contributed by atoms with van der Waals surface area (Å²) < 4.78 is 0.799. The fourth-order valence-electron chi connectivity index (χ4n) is 2.08. The highest BCUT2D eigenvalue weighted by molar-refractivity contribution is 9.10. The number of amides is 1. The molecule has 1 amide bonds. The quantitative estimate of drug-likeness (QED) is 0.830. The fraction of sp³-hybridized carbons (Fsp3) is 0.176. The van der Waals surface area contributed by atoms with Crippen molar-refractivity contribution in [3.8, 4) is 6.07 Å². The monoisotopic (exact) mass is 342 g/mol. The summed E-state index contributed by atoms with van der Waals surface area (Å²) in [6.07, 6.45) is 0.296. The van der Waals surface area contributed by atoms with E-state index in [1.807, 2.05) is 49.4 Å². The molecule has 0 radical (unpaired) electrons. The van der Waals surface area contributed by atoms with Crippen LogP contribution in [-0.2, 0) is 0 Å². The van der Waals surface area contributed by atoms with Crippen molar-refractivity contribution in [1.29, 1.82) is 5.26 Å². The second-order valence-electron chi connectivity index (χ2n) is 4.64. The van der Waals surface area contributed by atoms with Crippen LogP contribution in [-0.4, -0.2) is 12.5 Å². The molecular weight excluding hydrogens is 328 g/mol. The van der Waals surface area contributed by atoms with Gasteiger partial charge >= 0.3 is 0 Å². The molecule has 0 aliphatic carbocycles. The number of benzene rings is 2. The van der Waals surface area contributed by atoms with E-state index in [-0.39, 0.29) is 5.91 Å². The lowest BCUT2D eigenvalue weighted by Crippen LogP contribution is -2.32. The number of carbonyl (C=O) groups is 1. The molecule has 0 aromatic heterocycles. The predicted molar refractivity (Wildman–Crippen MR) is 87.2 cm³/mol. The van der Waals surface area contributed by atoms with Gasteiger partial charge in [0.2, 0.25) is 0 Å². The number of carbonyl (C=O) groups excluding carboxylic acids is 1. The van der Waals surface area contributed by atoms with Gasteiger partial charge in [0, 0.05) is 16.7 Å². The molecule has 0 spiro atoms. The Hall–Kier alpha value is -2.12. The Labute approximate surface area is 132 Å². The van der Waals surface area contributed by atoms with Gasteiger partial charge in [-0.15, -0.1) is 0 Å². The second kappa shape index (κ2) is 7.05. The summed E-state index contributed by atoms with van der Waals surface area (Å²) in [6, 6.07) is 17.1. The molecule has 21 heavy (non-hydrogen) atoms. The Morgan fingerprint density at radius 1 is 1.19 bits per heavy atom. The molecule has 4 heteroatoms. The molecule has 106 valence electrons. The standard InChI is InChI=1S/C17H15BrN2O/c1-13-7-5-10-15(16(13)18)17(21)20(12-6-11-19)14-8-3-2-4-9-14/h2-5,7-10H,6,12H2,1H3. The van der Waals surface area contributed by atoms with Crippen LogP contribution in [0.15, 0.2) is 53.0 Å². The molecule has 2 aromatic carbocycles. The third-order valence-electron chi connectivity index (χ3n) is 3.18. The largest absolute Gasteiger partial charge is 0.307 e. The first-order valence-corrected chi connectivity index (χ1v) is 7.43. The highest BCUT2D eigenvalue weighted by Crippen LogP contribution is 2.25. The van der Waals surface area contributed by atoms with Gasteiger partial charge in [0.05, 0.1) is 18.1 Å². The number of nitrogens with zero attached hydrogens (tertiary/aromatic N) is 2. The van der Waals surface area contributed by atoms with Gasteiger partial charge in [0.25, 0.3) is 5.91 Å². The molecule has 0 bridgehead atoms. The van der Waals surface area contributed by atoms with Gasteiger partial charge in [-0.25, -0.2) is 0 Å². The Bertz CT molecular complexity index is 677. The third kappa shape index (κ3) is 3.50. The van der Waals surface area contributed by atoms with Crippen LogP contribution in [0.5, 0.6) is 0 Å². The van der Waals surface area contributed by atoms with Gasteiger partial charge in [-0.2, -0.15) is 5.26 Å². The zero-order valence-corrected chi connectivity index (χ0v) is 13.3. The first kappa shape index (κ1) is 15.3. The second-order valence-corrected chi connectivity index (χ2v) is 5.43. The molecule has 0 unspecified atom stereocenters. The third-order valence-corrected chi connectivity index (χ3v) is 4.24. The Balaban J connectivity index is 2.39. The van der Waals surface area contributed by atoms with Crippen LogP contribution in [0.3, 0.4) is 0 Å². The van der Waals surface area contributed by atoms with Crippen molar-refractivity contribution >= 4 is 27.5 Å². The molecule has 0 N–H and O–H groups in total. The number of para-hydroxylation sites is 1. The fourth-order valence-corrected chi connectivity index (χ4v) is 2.51. The summed E-state index contributed by atoms with van der Waals surface area (Å²) in [7, 11) is 0. The molecular formula is C17H15BrN2O. The van der Waals surface area contributed by atoms with E-state index in [4.69, 9.17) is 5.26 Å². The maximum atomic E-state index is 12.8. The van der Waals surface area contributed by atoms with Gasteiger partial charge in [-0.1, -0.05) is 30.3 Å². The zero-order valence-electron chi connectivity index (χ0n) is 11.7. The van der Waals surface area contributed by atoms with Crippen molar-refractivity contribution in [2.24, 2.45) is 0 Å². The summed E-state index contributed by atoms with van der Waals surface area (Å²) in [5.41, 5.74) is 2.41. The highest BCUT2D eigenvalue weighted by atomic mass is 79.9. The maximum absolute atomic E-state index is 12.8. The Morgan fingerprint density at radius 3 is 2.57 bits per heavy atom. The Kier molecular flexibility index (Phi) is 5.13. The minimum absolute atomic E-state index is 0.105. The minimum Gasteiger partial charge on any atom is -0.307 e. The first-order valence-electron chi connectivity index (χ1n) is 6.64. The van der Waals surface area contributed by atoms with Crippen LogP contribution in [0.1, 0.15) is 22.3 Å². The molecule has 3 nitrogen and oxygen atoms in total. The van der Waals surface area contributed by atoms with Gasteiger partial charge in [0.1, 0.15) is 0 Å². The van der Waals surface area contributed by atoms with Crippen molar-refractivity contribution < 1.29 is 4.79 Å². The average Bonchev–Trinajstić information content (AvgIpc) is 2.51. The van der Waals surface area contributed by atoms with Gasteiger partial charge in [0.15, 0.2) is 0 Å². The van der Waals surface area contributed by atoms with Crippen molar-refractivity contribution in [3.05, 3.63) is 64.1 Å². The van der Waals surface area contributed by atoms with E-state index in [1.165, 1.54) is 0 Å². The summed E-state index contributed by atoms with van der Waals surface area (Å²) in [4.78, 5) is 14.5. The number of aryl methyl sites for hydroxylation is 1. The number of halogens is 1. The maximum Gasteiger partial charge on any atom is 0.259 e. The number of rotatable bonds is 4. The molecule has 0 saturated heterocycles. The van der Waals surface area contributed by atoms with Crippen LogP contribution >= 0.6 is 15.9 Å². The minimum atomic E-state index is -0.105. The average molecular weight is 343 g/mol. The summed E-state index contributed by atoms with van der Waals surface area (Å²) in [5, 5.41) is 8.82. The molecule has 0 saturated carbocycles. The predicted octanol–water partition coefficient (Wildman–Crippen LogP) is 4.32. The van der Waals surface area contributed by atoms with E-state index < -0.39 is 0 Å². The van der Waals surface area contributed by atoms with Crippen LogP contribution < -0.4 is 4.90 Å². The van der Waals surface area contributed by atoms with E-state index in [0.29, 0.717) is 18.5 Å². The van der Waals surface area contributed by atoms with Gasteiger partial charge in [-0.05, 0) is 46.6 Å². The van der Waals surface area contributed by atoms with E-state index in [9.17, 15) is 4.79 Å². The van der Waals surface area contributed by atoms with Crippen molar-refractivity contribution in [3.63, 3.8) is 0 Å². The lowest BCUT2D eigenvalue weighted by atomic mass is 10.1. The van der Waals surface area contributed by atoms with E-state index in [0.717, 1.165) is 15.7 Å². The molecule has 0 atom stereocenters. The molecule has 0 heterocycles. The SMILES string of the molecule is Cc1cccc(C(=O)N(CCC#N)c2ccccc2)c1Br. The normalized spacial score (nSPS) is 9.95. The van der Waals surface area contributed by atoms with Crippen LogP contribution in [0.4, 0.5) is 5.69 Å². The van der Waals surface area contributed by atoms with Gasteiger partial charge < -0.3 is 4.90 Å². The highest BCUT2D eigenvalue weighted by Gasteiger charge is 2.20. The van der Waals surface area contributed by atoms with Crippen LogP contribution in [0.25, 0.3) is 0 Å². The van der Waals surface area contributed by atoms with Crippen molar-refractivity contribution in [1.82, 2.24) is 0 Å². The van der Waals surface area contributed by atoms with E-state index in [1.54, 1.807) is 11.0 Å². The molecule has 0 aliphatic heterocycles. The summed E-state index contributed by atoms with van der Waals surface area (Å²) >= 11 is 3.48. The number of hydrogen-bond acceptors (Lipinski definition) is 2.